The van der Waals surface area contributed by atoms with Crippen LogP contribution in [0.3, 0.4) is 0 Å². The van der Waals surface area contributed by atoms with Crippen LogP contribution >= 0.6 is 11.9 Å². The third-order valence-electron chi connectivity index (χ3n) is 3.21. The quantitative estimate of drug-likeness (QED) is 0.449. The number of hydrogen-bond acceptors (Lipinski definition) is 4. The summed E-state index contributed by atoms with van der Waals surface area (Å²) in [6.45, 7) is 4.14. The fourth-order valence-corrected chi connectivity index (χ4v) is 2.69. The first-order valence-electron chi connectivity index (χ1n) is 6.64. The number of carbonyl (C=O) groups excluding carboxylic acids is 1. The first kappa shape index (κ1) is 15.6. The Morgan fingerprint density at radius 3 is 2.43 bits per heavy atom. The van der Waals surface area contributed by atoms with Crippen molar-refractivity contribution < 1.29 is 10.0 Å². The van der Waals surface area contributed by atoms with Crippen molar-refractivity contribution in [2.75, 3.05) is 0 Å². The maximum absolute atomic E-state index is 11.3. The number of carbonyl (C=O) groups is 1. The summed E-state index contributed by atoms with van der Waals surface area (Å²) in [5, 5.41) is 8.59. The molecule has 5 heteroatoms. The molecule has 0 aliphatic carbocycles. The molecule has 1 amide bonds. The lowest BCUT2D eigenvalue weighted by Gasteiger charge is -2.14. The maximum atomic E-state index is 11.3. The van der Waals surface area contributed by atoms with Gasteiger partial charge in [0.1, 0.15) is 0 Å². The molecule has 2 rings (SSSR count). The van der Waals surface area contributed by atoms with Gasteiger partial charge in [0.05, 0.1) is 0 Å². The van der Waals surface area contributed by atoms with Crippen molar-refractivity contribution in [2.24, 2.45) is 0 Å². The molecule has 2 aromatic rings. The summed E-state index contributed by atoms with van der Waals surface area (Å²) in [5.74, 6) is -0.503. The van der Waals surface area contributed by atoms with Gasteiger partial charge < -0.3 is 0 Å². The molecule has 0 aromatic heterocycles. The number of hydroxylamine groups is 1. The van der Waals surface area contributed by atoms with Gasteiger partial charge in [0.25, 0.3) is 5.91 Å². The SMILES string of the molecule is Cc1ccccc1SNC(C)c1ccc(C(=O)NO)cc1. The van der Waals surface area contributed by atoms with Gasteiger partial charge in [0.15, 0.2) is 0 Å². The van der Waals surface area contributed by atoms with Crippen LogP contribution in [0.4, 0.5) is 0 Å². The minimum absolute atomic E-state index is 0.140. The van der Waals surface area contributed by atoms with Crippen LogP contribution in [0.5, 0.6) is 0 Å². The van der Waals surface area contributed by atoms with E-state index in [-0.39, 0.29) is 6.04 Å². The van der Waals surface area contributed by atoms with Crippen LogP contribution in [0.1, 0.15) is 34.5 Å². The van der Waals surface area contributed by atoms with Gasteiger partial charge >= 0.3 is 0 Å². The highest BCUT2D eigenvalue weighted by atomic mass is 32.2. The Labute approximate surface area is 128 Å². The van der Waals surface area contributed by atoms with Gasteiger partial charge in [0.2, 0.25) is 0 Å². The number of benzene rings is 2. The van der Waals surface area contributed by atoms with Crippen LogP contribution in [-0.2, 0) is 0 Å². The Bertz CT molecular complexity index is 614. The number of hydrogen-bond donors (Lipinski definition) is 3. The summed E-state index contributed by atoms with van der Waals surface area (Å²) < 4.78 is 3.39. The Kier molecular flexibility index (Phi) is 5.38. The van der Waals surface area contributed by atoms with E-state index in [1.165, 1.54) is 10.5 Å². The van der Waals surface area contributed by atoms with E-state index < -0.39 is 5.91 Å². The normalized spacial score (nSPS) is 12.0. The molecule has 0 spiro atoms. The standard InChI is InChI=1S/C16H18N2O2S/c1-11-5-3-4-6-15(11)21-18-12(2)13-7-9-14(10-8-13)16(19)17-20/h3-10,12,18,20H,1-2H3,(H,17,19). The third-order valence-corrected chi connectivity index (χ3v) is 4.36. The highest BCUT2D eigenvalue weighted by molar-refractivity contribution is 7.97. The van der Waals surface area contributed by atoms with E-state index in [0.717, 1.165) is 5.56 Å². The van der Waals surface area contributed by atoms with Gasteiger partial charge in [-0.15, -0.1) is 0 Å². The second kappa shape index (κ2) is 7.26. The van der Waals surface area contributed by atoms with E-state index >= 15 is 0 Å². The third kappa shape index (κ3) is 4.07. The topological polar surface area (TPSA) is 61.4 Å². The van der Waals surface area contributed by atoms with Crippen LogP contribution in [0.2, 0.25) is 0 Å². The summed E-state index contributed by atoms with van der Waals surface area (Å²) >= 11 is 1.60. The van der Waals surface area contributed by atoms with E-state index in [4.69, 9.17) is 5.21 Å². The second-order valence-electron chi connectivity index (χ2n) is 4.77. The van der Waals surface area contributed by atoms with Crippen LogP contribution in [0, 0.1) is 6.92 Å². The summed E-state index contributed by atoms with van der Waals surface area (Å²) in [7, 11) is 0. The smallest absolute Gasteiger partial charge is 0.274 e. The average molecular weight is 302 g/mol. The lowest BCUT2D eigenvalue weighted by Crippen LogP contribution is -2.18. The van der Waals surface area contributed by atoms with Crippen molar-refractivity contribution in [3.63, 3.8) is 0 Å². The fraction of sp³-hybridized carbons (Fsp3) is 0.188. The summed E-state index contributed by atoms with van der Waals surface area (Å²) in [6, 6.07) is 15.5. The van der Waals surface area contributed by atoms with E-state index in [2.05, 4.69) is 30.7 Å². The van der Waals surface area contributed by atoms with Crippen molar-refractivity contribution >= 4 is 17.9 Å². The van der Waals surface area contributed by atoms with E-state index in [0.29, 0.717) is 5.56 Å². The zero-order valence-corrected chi connectivity index (χ0v) is 12.8. The maximum Gasteiger partial charge on any atom is 0.274 e. The van der Waals surface area contributed by atoms with Crippen molar-refractivity contribution in [3.05, 3.63) is 65.2 Å². The largest absolute Gasteiger partial charge is 0.288 e. The Morgan fingerprint density at radius 2 is 1.81 bits per heavy atom. The predicted octanol–water partition coefficient (Wildman–Crippen LogP) is 3.47. The van der Waals surface area contributed by atoms with Gasteiger partial charge in [-0.2, -0.15) is 0 Å². The molecule has 21 heavy (non-hydrogen) atoms. The van der Waals surface area contributed by atoms with Crippen LogP contribution < -0.4 is 10.2 Å². The molecule has 110 valence electrons. The molecular formula is C16H18N2O2S. The van der Waals surface area contributed by atoms with Crippen molar-refractivity contribution in [3.8, 4) is 0 Å². The summed E-state index contributed by atoms with van der Waals surface area (Å²) in [5.41, 5.74) is 4.36. The average Bonchev–Trinajstić information content (AvgIpc) is 2.53. The lowest BCUT2D eigenvalue weighted by molar-refractivity contribution is 0.0706. The number of rotatable bonds is 5. The van der Waals surface area contributed by atoms with E-state index in [9.17, 15) is 4.79 Å². The van der Waals surface area contributed by atoms with Crippen molar-refractivity contribution in [2.45, 2.75) is 24.8 Å². The molecular weight excluding hydrogens is 284 g/mol. The van der Waals surface area contributed by atoms with Gasteiger partial charge in [-0.3, -0.25) is 14.7 Å². The molecule has 0 bridgehead atoms. The predicted molar refractivity (Wildman–Crippen MR) is 84.3 cm³/mol. The molecule has 0 heterocycles. The molecule has 0 fully saturated rings. The zero-order chi connectivity index (χ0) is 15.2. The highest BCUT2D eigenvalue weighted by Gasteiger charge is 2.08. The molecule has 3 N–H and O–H groups in total. The van der Waals surface area contributed by atoms with Gasteiger partial charge in [0, 0.05) is 16.5 Å². The second-order valence-corrected chi connectivity index (χ2v) is 5.65. The molecule has 4 nitrogen and oxygen atoms in total. The van der Waals surface area contributed by atoms with Crippen LogP contribution in [0.25, 0.3) is 0 Å². The van der Waals surface area contributed by atoms with Crippen molar-refractivity contribution in [1.82, 2.24) is 10.2 Å². The first-order valence-corrected chi connectivity index (χ1v) is 7.46. The number of nitrogens with one attached hydrogen (secondary N) is 2. The van der Waals surface area contributed by atoms with Gasteiger partial charge in [-0.25, -0.2) is 5.48 Å². The molecule has 0 saturated heterocycles. The summed E-state index contributed by atoms with van der Waals surface area (Å²) in [4.78, 5) is 12.5. The summed E-state index contributed by atoms with van der Waals surface area (Å²) in [6.07, 6.45) is 0. The Balaban J connectivity index is 1.99. The molecule has 0 aliphatic heterocycles. The van der Waals surface area contributed by atoms with Gasteiger partial charge in [-0.1, -0.05) is 30.3 Å². The van der Waals surface area contributed by atoms with Crippen LogP contribution in [0.15, 0.2) is 53.4 Å². The number of amides is 1. The highest BCUT2D eigenvalue weighted by Crippen LogP contribution is 2.23. The molecule has 2 aromatic carbocycles. The van der Waals surface area contributed by atoms with Gasteiger partial charge in [-0.05, 0) is 55.1 Å². The molecule has 0 saturated carbocycles. The molecule has 1 atom stereocenters. The monoisotopic (exact) mass is 302 g/mol. The number of aryl methyl sites for hydroxylation is 1. The first-order chi connectivity index (χ1) is 10.1. The molecule has 0 radical (unpaired) electrons. The van der Waals surface area contributed by atoms with Crippen LogP contribution in [-0.4, -0.2) is 11.1 Å². The zero-order valence-electron chi connectivity index (χ0n) is 12.0. The minimum Gasteiger partial charge on any atom is -0.288 e. The molecule has 0 aliphatic rings. The minimum atomic E-state index is -0.503. The molecule has 1 unspecified atom stereocenters. The lowest BCUT2D eigenvalue weighted by atomic mass is 10.1. The Morgan fingerprint density at radius 1 is 1.14 bits per heavy atom. The fourth-order valence-electron chi connectivity index (χ4n) is 1.88. The van der Waals surface area contributed by atoms with Crippen molar-refractivity contribution in [1.29, 1.82) is 0 Å². The van der Waals surface area contributed by atoms with E-state index in [1.54, 1.807) is 29.6 Å². The van der Waals surface area contributed by atoms with E-state index in [1.807, 2.05) is 24.3 Å². The Hall–Kier alpha value is -1.82.